The summed E-state index contributed by atoms with van der Waals surface area (Å²) < 4.78 is 0. The fraction of sp³-hybridized carbons (Fsp3) is 0.538. The molecule has 0 saturated carbocycles. The SMILES string of the molecule is CCCCCCCSc1cccc(O)c1. The fourth-order valence-corrected chi connectivity index (χ4v) is 2.43. The molecule has 2 heteroatoms. The van der Waals surface area contributed by atoms with Crippen molar-refractivity contribution in [2.24, 2.45) is 0 Å². The van der Waals surface area contributed by atoms with Crippen LogP contribution in [0.1, 0.15) is 39.0 Å². The van der Waals surface area contributed by atoms with Gasteiger partial charge >= 0.3 is 0 Å². The first-order valence-electron chi connectivity index (χ1n) is 5.74. The quantitative estimate of drug-likeness (QED) is 0.545. The van der Waals surface area contributed by atoms with Crippen molar-refractivity contribution in [1.29, 1.82) is 0 Å². The molecule has 0 saturated heterocycles. The van der Waals surface area contributed by atoms with Crippen LogP contribution in [-0.4, -0.2) is 10.9 Å². The maximum Gasteiger partial charge on any atom is 0.116 e. The van der Waals surface area contributed by atoms with Gasteiger partial charge in [-0.2, -0.15) is 0 Å². The number of phenolic OH excluding ortho intramolecular Hbond substituents is 1. The van der Waals surface area contributed by atoms with Gasteiger partial charge in [0.25, 0.3) is 0 Å². The number of hydrogen-bond donors (Lipinski definition) is 1. The Morgan fingerprint density at radius 3 is 2.67 bits per heavy atom. The first kappa shape index (κ1) is 12.4. The third kappa shape index (κ3) is 5.73. The zero-order chi connectivity index (χ0) is 10.9. The Bertz CT molecular complexity index is 273. The summed E-state index contributed by atoms with van der Waals surface area (Å²) in [4.78, 5) is 1.17. The molecule has 0 aliphatic heterocycles. The molecule has 0 aliphatic carbocycles. The highest BCUT2D eigenvalue weighted by atomic mass is 32.2. The van der Waals surface area contributed by atoms with Crippen LogP contribution in [0.5, 0.6) is 5.75 Å². The summed E-state index contributed by atoms with van der Waals surface area (Å²) in [5, 5.41) is 9.27. The number of rotatable bonds is 7. The van der Waals surface area contributed by atoms with Crippen LogP contribution in [0, 0.1) is 0 Å². The molecule has 0 bridgehead atoms. The lowest BCUT2D eigenvalue weighted by Gasteiger charge is -2.02. The molecule has 0 spiro atoms. The normalized spacial score (nSPS) is 10.5. The van der Waals surface area contributed by atoms with Crippen LogP contribution < -0.4 is 0 Å². The molecule has 0 atom stereocenters. The van der Waals surface area contributed by atoms with E-state index in [2.05, 4.69) is 13.0 Å². The van der Waals surface area contributed by atoms with Crippen LogP contribution in [0.15, 0.2) is 29.2 Å². The number of hydrogen-bond acceptors (Lipinski definition) is 2. The first-order chi connectivity index (χ1) is 7.33. The van der Waals surface area contributed by atoms with E-state index in [0.717, 1.165) is 5.75 Å². The molecule has 1 aromatic rings. The highest BCUT2D eigenvalue weighted by molar-refractivity contribution is 7.99. The molecule has 0 radical (unpaired) electrons. The van der Waals surface area contributed by atoms with Gasteiger partial charge < -0.3 is 5.11 Å². The topological polar surface area (TPSA) is 20.2 Å². The largest absolute Gasteiger partial charge is 0.508 e. The lowest BCUT2D eigenvalue weighted by molar-refractivity contribution is 0.474. The van der Waals surface area contributed by atoms with Crippen LogP contribution in [-0.2, 0) is 0 Å². The van der Waals surface area contributed by atoms with Gasteiger partial charge in [-0.15, -0.1) is 11.8 Å². The Kier molecular flexibility index (Phi) is 6.33. The van der Waals surface area contributed by atoms with Gasteiger partial charge in [0.15, 0.2) is 0 Å². The minimum atomic E-state index is 0.367. The van der Waals surface area contributed by atoms with Gasteiger partial charge in [-0.1, -0.05) is 38.7 Å². The Labute approximate surface area is 96.9 Å². The van der Waals surface area contributed by atoms with Gasteiger partial charge in [0.05, 0.1) is 0 Å². The van der Waals surface area contributed by atoms with E-state index in [4.69, 9.17) is 0 Å². The number of unbranched alkanes of at least 4 members (excludes halogenated alkanes) is 4. The van der Waals surface area contributed by atoms with Gasteiger partial charge in [-0.05, 0) is 30.4 Å². The van der Waals surface area contributed by atoms with E-state index >= 15 is 0 Å². The lowest BCUT2D eigenvalue weighted by Crippen LogP contribution is -1.81. The summed E-state index contributed by atoms with van der Waals surface area (Å²) in [5.74, 6) is 1.53. The average molecular weight is 224 g/mol. The smallest absolute Gasteiger partial charge is 0.116 e. The molecule has 1 aromatic carbocycles. The summed E-state index contributed by atoms with van der Waals surface area (Å²) in [6.45, 7) is 2.24. The van der Waals surface area contributed by atoms with Crippen LogP contribution >= 0.6 is 11.8 Å². The maximum absolute atomic E-state index is 9.27. The molecule has 0 heterocycles. The predicted octanol–water partition coefficient (Wildman–Crippen LogP) is 4.45. The minimum absolute atomic E-state index is 0.367. The zero-order valence-electron chi connectivity index (χ0n) is 9.41. The second-order valence-corrected chi connectivity index (χ2v) is 4.93. The van der Waals surface area contributed by atoms with Crippen molar-refractivity contribution in [2.45, 2.75) is 43.9 Å². The molecule has 1 N–H and O–H groups in total. The Balaban J connectivity index is 2.10. The summed E-state index contributed by atoms with van der Waals surface area (Å²) in [5.41, 5.74) is 0. The highest BCUT2D eigenvalue weighted by Gasteiger charge is 1.95. The van der Waals surface area contributed by atoms with Crippen molar-refractivity contribution in [3.8, 4) is 5.75 Å². The molecule has 0 unspecified atom stereocenters. The van der Waals surface area contributed by atoms with Crippen molar-refractivity contribution in [3.63, 3.8) is 0 Å². The predicted molar refractivity (Wildman–Crippen MR) is 67.6 cm³/mol. The maximum atomic E-state index is 9.27. The number of aromatic hydroxyl groups is 1. The summed E-state index contributed by atoms with van der Waals surface area (Å²) in [7, 11) is 0. The third-order valence-corrected chi connectivity index (χ3v) is 3.41. The number of thioether (sulfide) groups is 1. The second kappa shape index (κ2) is 7.63. The fourth-order valence-electron chi connectivity index (χ4n) is 1.47. The van der Waals surface area contributed by atoms with Crippen LogP contribution in [0.4, 0.5) is 0 Å². The lowest BCUT2D eigenvalue weighted by atomic mass is 10.2. The van der Waals surface area contributed by atoms with Gasteiger partial charge in [-0.25, -0.2) is 0 Å². The Hall–Kier alpha value is -0.630. The summed E-state index contributed by atoms with van der Waals surface area (Å²) >= 11 is 1.83. The monoisotopic (exact) mass is 224 g/mol. The van der Waals surface area contributed by atoms with Crippen LogP contribution in [0.3, 0.4) is 0 Å². The van der Waals surface area contributed by atoms with E-state index in [1.54, 1.807) is 6.07 Å². The molecule has 0 aliphatic rings. The van der Waals surface area contributed by atoms with Gasteiger partial charge in [0, 0.05) is 4.90 Å². The van der Waals surface area contributed by atoms with Crippen molar-refractivity contribution in [1.82, 2.24) is 0 Å². The van der Waals surface area contributed by atoms with Crippen molar-refractivity contribution in [2.75, 3.05) is 5.75 Å². The molecular weight excluding hydrogens is 204 g/mol. The molecule has 84 valence electrons. The van der Waals surface area contributed by atoms with E-state index in [0.29, 0.717) is 5.75 Å². The first-order valence-corrected chi connectivity index (χ1v) is 6.73. The number of benzene rings is 1. The van der Waals surface area contributed by atoms with E-state index in [1.807, 2.05) is 23.9 Å². The molecule has 0 amide bonds. The Morgan fingerprint density at radius 2 is 1.93 bits per heavy atom. The summed E-state index contributed by atoms with van der Waals surface area (Å²) in [6.07, 6.45) is 6.63. The van der Waals surface area contributed by atoms with E-state index in [1.165, 1.54) is 37.0 Å². The standard InChI is InChI=1S/C13H20OS/c1-2-3-4-5-6-10-15-13-9-7-8-12(14)11-13/h7-9,11,14H,2-6,10H2,1H3. The zero-order valence-corrected chi connectivity index (χ0v) is 10.2. The third-order valence-electron chi connectivity index (χ3n) is 2.33. The number of phenols is 1. The van der Waals surface area contributed by atoms with E-state index in [-0.39, 0.29) is 0 Å². The van der Waals surface area contributed by atoms with Crippen LogP contribution in [0.25, 0.3) is 0 Å². The molecule has 15 heavy (non-hydrogen) atoms. The van der Waals surface area contributed by atoms with Gasteiger partial charge in [0.2, 0.25) is 0 Å². The summed E-state index contributed by atoms with van der Waals surface area (Å²) in [6, 6.07) is 7.49. The van der Waals surface area contributed by atoms with E-state index in [9.17, 15) is 5.11 Å². The average Bonchev–Trinajstić information content (AvgIpc) is 2.23. The van der Waals surface area contributed by atoms with Crippen LogP contribution in [0.2, 0.25) is 0 Å². The van der Waals surface area contributed by atoms with Gasteiger partial charge in [0.1, 0.15) is 5.75 Å². The van der Waals surface area contributed by atoms with Crippen molar-refractivity contribution in [3.05, 3.63) is 24.3 Å². The second-order valence-electron chi connectivity index (χ2n) is 3.76. The molecule has 1 rings (SSSR count). The Morgan fingerprint density at radius 1 is 1.13 bits per heavy atom. The molecule has 1 nitrogen and oxygen atoms in total. The minimum Gasteiger partial charge on any atom is -0.508 e. The molecular formula is C13H20OS. The van der Waals surface area contributed by atoms with Crippen molar-refractivity contribution < 1.29 is 5.11 Å². The van der Waals surface area contributed by atoms with Crippen molar-refractivity contribution >= 4 is 11.8 Å². The van der Waals surface area contributed by atoms with Gasteiger partial charge in [-0.3, -0.25) is 0 Å². The van der Waals surface area contributed by atoms with E-state index < -0.39 is 0 Å². The highest BCUT2D eigenvalue weighted by Crippen LogP contribution is 2.23. The molecule has 0 fully saturated rings. The molecule has 0 aromatic heterocycles.